The summed E-state index contributed by atoms with van der Waals surface area (Å²) in [6.07, 6.45) is -10.3. The van der Waals surface area contributed by atoms with Crippen molar-refractivity contribution >= 4 is 17.8 Å². The predicted molar refractivity (Wildman–Crippen MR) is 76.6 cm³/mol. The normalized spacial score (nSPS) is 15.4. The van der Waals surface area contributed by atoms with Crippen LogP contribution in [0.5, 0.6) is 0 Å². The summed E-state index contributed by atoms with van der Waals surface area (Å²) in [7, 11) is 0.437. The fourth-order valence-corrected chi connectivity index (χ4v) is 2.02. The van der Waals surface area contributed by atoms with Gasteiger partial charge in [0.1, 0.15) is 6.04 Å². The number of carbonyl (C=O) groups excluding carboxylic acids is 2. The number of alkyl halides is 15. The van der Waals surface area contributed by atoms with Crippen molar-refractivity contribution in [3.05, 3.63) is 0 Å². The van der Waals surface area contributed by atoms with Gasteiger partial charge in [0.2, 0.25) is 0 Å². The van der Waals surface area contributed by atoms with Gasteiger partial charge in [0.05, 0.1) is 7.11 Å². The maximum atomic E-state index is 13.8. The van der Waals surface area contributed by atoms with Gasteiger partial charge in [-0.25, -0.2) is 4.79 Å². The summed E-state index contributed by atoms with van der Waals surface area (Å²) in [5.74, 6) is -56.7. The van der Waals surface area contributed by atoms with Crippen LogP contribution >= 0.6 is 0 Å². The van der Waals surface area contributed by atoms with Crippen molar-refractivity contribution in [3.8, 4) is 0 Å². The molecule has 1 atom stereocenters. The number of hydrogen-bond acceptors (Lipinski definition) is 4. The summed E-state index contributed by atoms with van der Waals surface area (Å²) in [6, 6.07) is -2.67. The van der Waals surface area contributed by atoms with Crippen molar-refractivity contribution in [1.82, 2.24) is 5.32 Å². The van der Waals surface area contributed by atoms with Gasteiger partial charge in [-0.05, 0) is 6.42 Å². The molecular weight excluding hydrogens is 547 g/mol. The number of carboxylic acid groups (broad SMARTS) is 1. The predicted octanol–water partition coefficient (Wildman–Crippen LogP) is 3.88. The zero-order chi connectivity index (χ0) is 28.6. The second-order valence-corrected chi connectivity index (χ2v) is 6.43. The van der Waals surface area contributed by atoms with Gasteiger partial charge in [0, 0.05) is 6.42 Å². The lowest BCUT2D eigenvalue weighted by Crippen LogP contribution is -2.74. The minimum absolute atomic E-state index is 0.437. The molecule has 0 spiro atoms. The number of nitrogens with one attached hydrogen (secondary N) is 1. The highest BCUT2D eigenvalue weighted by atomic mass is 19.4. The van der Waals surface area contributed by atoms with E-state index in [2.05, 4.69) is 4.74 Å². The maximum Gasteiger partial charge on any atom is 0.460 e. The number of hydrogen-bond donors (Lipinski definition) is 2. The molecule has 0 saturated carbocycles. The van der Waals surface area contributed by atoms with E-state index in [1.54, 1.807) is 0 Å². The Balaban J connectivity index is 6.46. The number of carboxylic acids is 1. The van der Waals surface area contributed by atoms with E-state index in [4.69, 9.17) is 5.11 Å². The molecule has 0 aromatic carbocycles. The molecule has 0 fully saturated rings. The second-order valence-electron chi connectivity index (χ2n) is 6.43. The van der Waals surface area contributed by atoms with E-state index in [1.165, 1.54) is 0 Å². The zero-order valence-corrected chi connectivity index (χ0v) is 16.2. The van der Waals surface area contributed by atoms with Crippen molar-refractivity contribution in [2.75, 3.05) is 7.11 Å². The van der Waals surface area contributed by atoms with Gasteiger partial charge in [-0.2, -0.15) is 65.9 Å². The molecule has 2 N–H and O–H groups in total. The number of carbonyl (C=O) groups is 3. The van der Waals surface area contributed by atoms with Crippen LogP contribution in [0, 0.1) is 0 Å². The first kappa shape index (κ1) is 32.4. The summed E-state index contributed by atoms with van der Waals surface area (Å²) < 4.78 is 200. The van der Waals surface area contributed by atoms with E-state index in [0.29, 0.717) is 12.4 Å². The van der Waals surface area contributed by atoms with Gasteiger partial charge < -0.3 is 15.2 Å². The lowest BCUT2D eigenvalue weighted by Gasteiger charge is -2.41. The molecule has 206 valence electrons. The monoisotopic (exact) mass is 557 g/mol. The third kappa shape index (κ3) is 5.16. The first-order valence-corrected chi connectivity index (χ1v) is 8.12. The largest absolute Gasteiger partial charge is 0.481 e. The highest BCUT2D eigenvalue weighted by molar-refractivity contribution is 5.89. The van der Waals surface area contributed by atoms with Crippen LogP contribution in [0.25, 0.3) is 0 Å². The lowest BCUT2D eigenvalue weighted by atomic mass is 9.90. The number of esters is 1. The van der Waals surface area contributed by atoms with Crippen LogP contribution in [0.1, 0.15) is 12.8 Å². The lowest BCUT2D eigenvalue weighted by molar-refractivity contribution is -0.449. The standard InChI is InChI=1S/C14H10F15NO5/c1-35-6(33)4(2-3-5(31)32)30-7(34)8(15,16)9(17,18)10(19,20)11(21,22)12(23,24)13(25,26)14(27,28)29/h4H,2-3H2,1H3,(H,30,34)(H,31,32). The van der Waals surface area contributed by atoms with Crippen molar-refractivity contribution in [3.63, 3.8) is 0 Å². The molecule has 0 aliphatic carbocycles. The molecule has 0 aliphatic rings. The van der Waals surface area contributed by atoms with Crippen LogP contribution in [0.3, 0.4) is 0 Å². The number of methoxy groups -OCH3 is 1. The zero-order valence-electron chi connectivity index (χ0n) is 16.2. The molecule has 0 aromatic rings. The van der Waals surface area contributed by atoms with Crippen LogP contribution in [0.4, 0.5) is 65.9 Å². The minimum atomic E-state index is -8.59. The second kappa shape index (κ2) is 9.43. The number of aliphatic carboxylic acids is 1. The van der Waals surface area contributed by atoms with Gasteiger partial charge >= 0.3 is 53.7 Å². The van der Waals surface area contributed by atoms with Crippen LogP contribution in [0.2, 0.25) is 0 Å². The Kier molecular flexibility index (Phi) is 8.72. The molecule has 0 rings (SSSR count). The van der Waals surface area contributed by atoms with E-state index in [9.17, 15) is 80.2 Å². The van der Waals surface area contributed by atoms with Gasteiger partial charge in [-0.3, -0.25) is 9.59 Å². The highest BCUT2D eigenvalue weighted by Gasteiger charge is 2.94. The molecule has 1 amide bonds. The number of amides is 1. The first-order chi connectivity index (χ1) is 15.2. The Morgan fingerprint density at radius 2 is 1.09 bits per heavy atom. The molecule has 0 aliphatic heterocycles. The minimum Gasteiger partial charge on any atom is -0.481 e. The van der Waals surface area contributed by atoms with Gasteiger partial charge in [-0.15, -0.1) is 0 Å². The SMILES string of the molecule is COC(=O)C(CCC(=O)O)NC(=O)C(F)(F)C(F)(F)C(F)(F)C(F)(F)C(F)(F)C(F)(F)C(F)(F)F. The molecule has 6 nitrogen and oxygen atoms in total. The quantitative estimate of drug-likeness (QED) is 0.297. The van der Waals surface area contributed by atoms with Crippen LogP contribution in [-0.4, -0.2) is 77.8 Å². The molecule has 1 unspecified atom stereocenters. The Morgan fingerprint density at radius 3 is 1.43 bits per heavy atom. The molecule has 0 aromatic heterocycles. The van der Waals surface area contributed by atoms with Crippen LogP contribution < -0.4 is 5.32 Å². The number of ether oxygens (including phenoxy) is 1. The fraction of sp³-hybridized carbons (Fsp3) is 0.786. The maximum absolute atomic E-state index is 13.8. The molecular formula is C14H10F15NO5. The van der Waals surface area contributed by atoms with E-state index in [1.807, 2.05) is 0 Å². The van der Waals surface area contributed by atoms with Gasteiger partial charge in [0.25, 0.3) is 5.91 Å². The molecule has 0 heterocycles. The van der Waals surface area contributed by atoms with E-state index >= 15 is 0 Å². The third-order valence-electron chi connectivity index (χ3n) is 4.05. The van der Waals surface area contributed by atoms with Gasteiger partial charge in [0.15, 0.2) is 0 Å². The van der Waals surface area contributed by atoms with E-state index < -0.39 is 78.4 Å². The summed E-state index contributed by atoms with van der Waals surface area (Å²) in [4.78, 5) is 33.1. The summed E-state index contributed by atoms with van der Waals surface area (Å²) in [6.45, 7) is 0. The van der Waals surface area contributed by atoms with E-state index in [-0.39, 0.29) is 0 Å². The van der Waals surface area contributed by atoms with Crippen LogP contribution in [-0.2, 0) is 19.1 Å². The Hall–Kier alpha value is -2.64. The fourth-order valence-electron chi connectivity index (χ4n) is 2.02. The summed E-state index contributed by atoms with van der Waals surface area (Å²) >= 11 is 0. The van der Waals surface area contributed by atoms with Crippen LogP contribution in [0.15, 0.2) is 0 Å². The highest BCUT2D eigenvalue weighted by Crippen LogP contribution is 2.62. The van der Waals surface area contributed by atoms with Crippen molar-refractivity contribution < 1.29 is 90.1 Å². The Bertz CT molecular complexity index is 823. The Labute approximate surface area is 182 Å². The van der Waals surface area contributed by atoms with Crippen molar-refractivity contribution in [2.45, 2.75) is 60.6 Å². The summed E-state index contributed by atoms with van der Waals surface area (Å²) in [5, 5.41) is 8.89. The average molecular weight is 557 g/mol. The molecule has 21 heteroatoms. The van der Waals surface area contributed by atoms with Gasteiger partial charge in [-0.1, -0.05) is 0 Å². The average Bonchev–Trinajstić information content (AvgIpc) is 2.68. The van der Waals surface area contributed by atoms with Crippen molar-refractivity contribution in [1.29, 1.82) is 0 Å². The molecule has 0 saturated heterocycles. The van der Waals surface area contributed by atoms with E-state index in [0.717, 1.165) is 0 Å². The third-order valence-corrected chi connectivity index (χ3v) is 4.05. The number of halogens is 15. The Morgan fingerprint density at radius 1 is 0.714 bits per heavy atom. The molecule has 35 heavy (non-hydrogen) atoms. The van der Waals surface area contributed by atoms with Crippen molar-refractivity contribution in [2.24, 2.45) is 0 Å². The first-order valence-electron chi connectivity index (χ1n) is 8.12. The molecule has 0 radical (unpaired) electrons. The smallest absolute Gasteiger partial charge is 0.460 e. The topological polar surface area (TPSA) is 92.7 Å². The summed E-state index contributed by atoms with van der Waals surface area (Å²) in [5.41, 5.74) is 0. The molecule has 0 bridgehead atoms. The number of rotatable bonds is 11.